The number of thiazole rings is 1. The van der Waals surface area contributed by atoms with E-state index in [4.69, 9.17) is 4.98 Å². The summed E-state index contributed by atoms with van der Waals surface area (Å²) in [6.45, 7) is 2.56. The molecule has 0 aliphatic carbocycles. The van der Waals surface area contributed by atoms with Gasteiger partial charge in [-0.3, -0.25) is 18.7 Å². The average molecular weight is 435 g/mol. The van der Waals surface area contributed by atoms with Gasteiger partial charge in [0, 0.05) is 13.1 Å². The second kappa shape index (κ2) is 7.77. The molecule has 7 nitrogen and oxygen atoms in total. The third-order valence-corrected chi connectivity index (χ3v) is 7.05. The Morgan fingerprint density at radius 2 is 1.87 bits per heavy atom. The van der Waals surface area contributed by atoms with Gasteiger partial charge in [-0.1, -0.05) is 24.3 Å². The molecule has 1 amide bonds. The molecule has 0 spiro atoms. The lowest BCUT2D eigenvalue weighted by Crippen LogP contribution is -2.43. The van der Waals surface area contributed by atoms with Crippen molar-refractivity contribution in [2.24, 2.45) is 0 Å². The summed E-state index contributed by atoms with van der Waals surface area (Å²) in [6.07, 6.45) is 1.76. The number of aromatic nitrogens is 3. The fourth-order valence-corrected chi connectivity index (χ4v) is 5.50. The highest BCUT2D eigenvalue weighted by atomic mass is 32.1. The van der Waals surface area contributed by atoms with E-state index in [2.05, 4.69) is 0 Å². The van der Waals surface area contributed by atoms with Crippen molar-refractivity contribution < 1.29 is 4.79 Å². The van der Waals surface area contributed by atoms with E-state index in [1.807, 2.05) is 29.2 Å². The van der Waals surface area contributed by atoms with Gasteiger partial charge in [-0.05, 0) is 44.0 Å². The van der Waals surface area contributed by atoms with Crippen LogP contribution in [0.15, 0.2) is 58.1 Å². The number of hydrogen-bond donors (Lipinski definition) is 0. The quantitative estimate of drug-likeness (QED) is 0.494. The van der Waals surface area contributed by atoms with Gasteiger partial charge < -0.3 is 4.90 Å². The zero-order valence-electron chi connectivity index (χ0n) is 17.2. The smallest absolute Gasteiger partial charge is 0.331 e. The molecule has 0 unspecified atom stereocenters. The zero-order chi connectivity index (χ0) is 21.5. The van der Waals surface area contributed by atoms with E-state index in [-0.39, 0.29) is 30.6 Å². The fourth-order valence-electron chi connectivity index (χ4n) is 4.38. The average Bonchev–Trinajstić information content (AvgIpc) is 3.43. The molecule has 4 aromatic rings. The molecule has 0 radical (unpaired) electrons. The minimum atomic E-state index is -0.449. The van der Waals surface area contributed by atoms with Crippen LogP contribution in [0, 0.1) is 0 Å². The maximum absolute atomic E-state index is 13.3. The second-order valence-electron chi connectivity index (χ2n) is 7.70. The van der Waals surface area contributed by atoms with Crippen molar-refractivity contribution in [1.82, 2.24) is 19.0 Å². The first-order chi connectivity index (χ1) is 15.1. The third-order valence-electron chi connectivity index (χ3n) is 5.91. The summed E-state index contributed by atoms with van der Waals surface area (Å²) in [5.41, 5.74) is 0.668. The Bertz CT molecular complexity index is 1380. The lowest BCUT2D eigenvalue weighted by molar-refractivity contribution is -0.132. The molecule has 2 aromatic carbocycles. The maximum Gasteiger partial charge on any atom is 0.331 e. The van der Waals surface area contributed by atoms with E-state index >= 15 is 0 Å². The van der Waals surface area contributed by atoms with Crippen LogP contribution < -0.4 is 11.2 Å². The number of carbonyl (C=O) groups excluding carboxylic acids is 1. The van der Waals surface area contributed by atoms with Crippen molar-refractivity contribution in [1.29, 1.82) is 0 Å². The minimum absolute atomic E-state index is 0.0797. The van der Waals surface area contributed by atoms with Gasteiger partial charge >= 0.3 is 5.69 Å². The summed E-state index contributed by atoms with van der Waals surface area (Å²) in [5, 5.41) is 1.38. The number of amides is 1. The van der Waals surface area contributed by atoms with Crippen molar-refractivity contribution in [3.05, 3.63) is 74.4 Å². The predicted molar refractivity (Wildman–Crippen MR) is 121 cm³/mol. The van der Waals surface area contributed by atoms with Crippen LogP contribution in [-0.2, 0) is 17.9 Å². The molecule has 0 N–H and O–H groups in total. The number of nitrogens with zero attached hydrogens (tertiary/aromatic N) is 4. The van der Waals surface area contributed by atoms with Gasteiger partial charge in [-0.25, -0.2) is 9.78 Å². The van der Waals surface area contributed by atoms with Crippen LogP contribution in [-0.4, -0.2) is 31.5 Å². The molecule has 158 valence electrons. The molecule has 1 aliphatic heterocycles. The Hall–Kier alpha value is -3.26. The fraction of sp³-hybridized carbons (Fsp3) is 0.304. The van der Waals surface area contributed by atoms with Gasteiger partial charge in [0.1, 0.15) is 11.6 Å². The Morgan fingerprint density at radius 3 is 2.68 bits per heavy atom. The number of carbonyl (C=O) groups is 1. The van der Waals surface area contributed by atoms with Crippen LogP contribution in [0.5, 0.6) is 0 Å². The van der Waals surface area contributed by atoms with Crippen LogP contribution in [0.1, 0.15) is 30.8 Å². The summed E-state index contributed by atoms with van der Waals surface area (Å²) in [4.78, 5) is 45.6. The van der Waals surface area contributed by atoms with Crippen LogP contribution in [0.2, 0.25) is 0 Å². The monoisotopic (exact) mass is 434 g/mol. The van der Waals surface area contributed by atoms with Crippen molar-refractivity contribution in [3.63, 3.8) is 0 Å². The number of likely N-dealkylation sites (tertiary alicyclic amines) is 1. The maximum atomic E-state index is 13.3. The van der Waals surface area contributed by atoms with E-state index in [1.54, 1.807) is 42.5 Å². The number of hydrogen-bond acceptors (Lipinski definition) is 5. The highest BCUT2D eigenvalue weighted by Crippen LogP contribution is 2.36. The molecule has 31 heavy (non-hydrogen) atoms. The second-order valence-corrected chi connectivity index (χ2v) is 8.76. The summed E-state index contributed by atoms with van der Waals surface area (Å²) in [7, 11) is 0. The van der Waals surface area contributed by atoms with Crippen LogP contribution in [0.25, 0.3) is 21.1 Å². The van der Waals surface area contributed by atoms with Crippen molar-refractivity contribution in [2.75, 3.05) is 6.54 Å². The number of fused-ring (bicyclic) bond motifs is 2. The van der Waals surface area contributed by atoms with Crippen LogP contribution in [0.4, 0.5) is 0 Å². The molecule has 5 rings (SSSR count). The Balaban J connectivity index is 1.52. The summed E-state index contributed by atoms with van der Waals surface area (Å²) in [5.74, 6) is -0.129. The van der Waals surface area contributed by atoms with E-state index in [9.17, 15) is 14.4 Å². The van der Waals surface area contributed by atoms with E-state index in [0.29, 0.717) is 17.4 Å². The molecular formula is C23H22N4O3S. The van der Waals surface area contributed by atoms with Gasteiger partial charge in [0.05, 0.1) is 27.2 Å². The molecule has 3 heterocycles. The van der Waals surface area contributed by atoms with Gasteiger partial charge in [0.25, 0.3) is 5.56 Å². The summed E-state index contributed by atoms with van der Waals surface area (Å²) < 4.78 is 3.72. The lowest BCUT2D eigenvalue weighted by Gasteiger charge is -2.24. The Labute approximate surface area is 182 Å². The van der Waals surface area contributed by atoms with Gasteiger partial charge in [0.2, 0.25) is 5.91 Å². The zero-order valence-corrected chi connectivity index (χ0v) is 18.0. The molecule has 0 saturated carbocycles. The van der Waals surface area contributed by atoms with Gasteiger partial charge in [-0.15, -0.1) is 11.3 Å². The minimum Gasteiger partial charge on any atom is -0.332 e. The number of rotatable bonds is 4. The molecule has 1 saturated heterocycles. The SMILES string of the molecule is CCn1c(=O)c2ccccc2n(CC(=O)N2CCC[C@@H]2c2nc3ccccc3s2)c1=O. The Morgan fingerprint density at radius 1 is 1.10 bits per heavy atom. The molecular weight excluding hydrogens is 412 g/mol. The first kappa shape index (κ1) is 19.7. The van der Waals surface area contributed by atoms with E-state index in [1.165, 1.54) is 9.13 Å². The molecule has 1 aliphatic rings. The Kier molecular flexibility index (Phi) is 4.94. The topological polar surface area (TPSA) is 77.2 Å². The standard InChI is InChI=1S/C23H22N4O3S/c1-2-25-22(29)15-8-3-5-10-17(15)27(23(25)30)14-20(28)26-13-7-11-18(26)21-24-16-9-4-6-12-19(16)31-21/h3-6,8-10,12,18H,2,7,11,13-14H2,1H3/t18-/m1/s1. The summed E-state index contributed by atoms with van der Waals surface area (Å²) in [6, 6.07) is 14.9. The van der Waals surface area contributed by atoms with Gasteiger partial charge in [-0.2, -0.15) is 0 Å². The largest absolute Gasteiger partial charge is 0.332 e. The predicted octanol–water partition coefficient (Wildman–Crippen LogP) is 3.16. The molecule has 1 atom stereocenters. The number of para-hydroxylation sites is 2. The van der Waals surface area contributed by atoms with Crippen molar-refractivity contribution in [2.45, 2.75) is 38.9 Å². The summed E-state index contributed by atoms with van der Waals surface area (Å²) >= 11 is 1.62. The van der Waals surface area contributed by atoms with Crippen LogP contribution >= 0.6 is 11.3 Å². The van der Waals surface area contributed by atoms with Crippen molar-refractivity contribution in [3.8, 4) is 0 Å². The molecule has 2 aromatic heterocycles. The highest BCUT2D eigenvalue weighted by Gasteiger charge is 2.32. The van der Waals surface area contributed by atoms with E-state index < -0.39 is 5.69 Å². The first-order valence-corrected chi connectivity index (χ1v) is 11.3. The third kappa shape index (κ3) is 3.27. The highest BCUT2D eigenvalue weighted by molar-refractivity contribution is 7.18. The first-order valence-electron chi connectivity index (χ1n) is 10.5. The van der Waals surface area contributed by atoms with Crippen LogP contribution in [0.3, 0.4) is 0 Å². The molecule has 1 fully saturated rings. The van der Waals surface area contributed by atoms with E-state index in [0.717, 1.165) is 28.1 Å². The number of benzene rings is 2. The lowest BCUT2D eigenvalue weighted by atomic mass is 10.2. The van der Waals surface area contributed by atoms with Gasteiger partial charge in [0.15, 0.2) is 0 Å². The molecule has 0 bridgehead atoms. The molecule has 8 heteroatoms. The van der Waals surface area contributed by atoms with Crippen molar-refractivity contribution >= 4 is 38.4 Å². The normalized spacial score (nSPS) is 16.4.